The smallest absolute Gasteiger partial charge is 0.423 e. The lowest BCUT2D eigenvalue weighted by Gasteiger charge is -2.07. The molecular formula is C8H9BBrFO2. The monoisotopic (exact) mass is 246 g/mol. The molecule has 70 valence electrons. The van der Waals surface area contributed by atoms with Crippen LogP contribution in [-0.2, 0) is 6.42 Å². The van der Waals surface area contributed by atoms with Crippen LogP contribution >= 0.6 is 15.9 Å². The van der Waals surface area contributed by atoms with E-state index in [2.05, 4.69) is 15.9 Å². The van der Waals surface area contributed by atoms with Crippen LogP contribution < -0.4 is 5.46 Å². The van der Waals surface area contributed by atoms with E-state index < -0.39 is 12.9 Å². The van der Waals surface area contributed by atoms with Crippen LogP contribution in [0.5, 0.6) is 0 Å². The highest BCUT2D eigenvalue weighted by molar-refractivity contribution is 9.10. The minimum absolute atomic E-state index is 0.0833. The fourth-order valence-electron chi connectivity index (χ4n) is 1.14. The largest absolute Gasteiger partial charge is 0.491 e. The van der Waals surface area contributed by atoms with E-state index in [-0.39, 0.29) is 5.46 Å². The Labute approximate surface area is 84.7 Å². The number of rotatable bonds is 2. The van der Waals surface area contributed by atoms with Gasteiger partial charge in [0.1, 0.15) is 5.82 Å². The van der Waals surface area contributed by atoms with E-state index in [1.54, 1.807) is 13.0 Å². The van der Waals surface area contributed by atoms with Crippen molar-refractivity contribution < 1.29 is 14.4 Å². The normalized spacial score (nSPS) is 10.2. The summed E-state index contributed by atoms with van der Waals surface area (Å²) in [5, 5.41) is 17.6. The average Bonchev–Trinajstić information content (AvgIpc) is 2.04. The summed E-state index contributed by atoms with van der Waals surface area (Å²) in [5.74, 6) is -0.549. The molecule has 0 saturated heterocycles. The van der Waals surface area contributed by atoms with Crippen LogP contribution in [0.1, 0.15) is 12.5 Å². The van der Waals surface area contributed by atoms with Crippen LogP contribution in [0.15, 0.2) is 16.6 Å². The summed E-state index contributed by atoms with van der Waals surface area (Å²) in [6.45, 7) is 1.80. The van der Waals surface area contributed by atoms with Crippen molar-refractivity contribution in [3.8, 4) is 0 Å². The lowest BCUT2D eigenvalue weighted by Crippen LogP contribution is -2.33. The molecular weight excluding hydrogens is 238 g/mol. The molecule has 2 N–H and O–H groups in total. The average molecular weight is 247 g/mol. The molecule has 13 heavy (non-hydrogen) atoms. The van der Waals surface area contributed by atoms with Crippen LogP contribution in [0, 0.1) is 5.82 Å². The highest BCUT2D eigenvalue weighted by Gasteiger charge is 2.19. The van der Waals surface area contributed by atoms with Crippen LogP contribution in [-0.4, -0.2) is 17.2 Å². The Balaban J connectivity index is 3.27. The van der Waals surface area contributed by atoms with Crippen molar-refractivity contribution in [2.24, 2.45) is 0 Å². The molecule has 0 heterocycles. The molecule has 0 aromatic heterocycles. The number of halogens is 2. The summed E-state index contributed by atoms with van der Waals surface area (Å²) < 4.78 is 14.1. The molecule has 1 aromatic rings. The summed E-state index contributed by atoms with van der Waals surface area (Å²) in [4.78, 5) is 0. The van der Waals surface area contributed by atoms with Gasteiger partial charge >= 0.3 is 7.12 Å². The van der Waals surface area contributed by atoms with E-state index >= 15 is 0 Å². The first-order valence-electron chi connectivity index (χ1n) is 3.90. The van der Waals surface area contributed by atoms with E-state index in [0.717, 1.165) is 0 Å². The first-order chi connectivity index (χ1) is 6.07. The molecule has 1 rings (SSSR count). The van der Waals surface area contributed by atoms with E-state index in [0.29, 0.717) is 16.5 Å². The van der Waals surface area contributed by atoms with Crippen LogP contribution in [0.2, 0.25) is 0 Å². The Kier molecular flexibility index (Phi) is 3.47. The number of hydrogen-bond acceptors (Lipinski definition) is 2. The van der Waals surface area contributed by atoms with Gasteiger partial charge in [-0.15, -0.1) is 0 Å². The maximum absolute atomic E-state index is 13.4. The van der Waals surface area contributed by atoms with Gasteiger partial charge in [0.2, 0.25) is 0 Å². The topological polar surface area (TPSA) is 40.5 Å². The quantitative estimate of drug-likeness (QED) is 0.760. The molecule has 0 fully saturated rings. The maximum Gasteiger partial charge on any atom is 0.491 e. The fraction of sp³-hybridized carbons (Fsp3) is 0.250. The fourth-order valence-corrected chi connectivity index (χ4v) is 1.73. The van der Waals surface area contributed by atoms with Crippen molar-refractivity contribution in [1.29, 1.82) is 0 Å². The zero-order valence-corrected chi connectivity index (χ0v) is 8.68. The zero-order valence-electron chi connectivity index (χ0n) is 7.09. The molecule has 2 nitrogen and oxygen atoms in total. The van der Waals surface area contributed by atoms with Gasteiger partial charge < -0.3 is 10.0 Å². The SMILES string of the molecule is CCc1c(Br)ccc(B(O)O)c1F. The van der Waals surface area contributed by atoms with E-state index in [1.165, 1.54) is 6.07 Å². The van der Waals surface area contributed by atoms with E-state index in [4.69, 9.17) is 10.0 Å². The van der Waals surface area contributed by atoms with Gasteiger partial charge in [-0.05, 0) is 12.5 Å². The molecule has 1 aromatic carbocycles. The molecule has 0 unspecified atom stereocenters. The van der Waals surface area contributed by atoms with Gasteiger partial charge in [-0.2, -0.15) is 0 Å². The van der Waals surface area contributed by atoms with Gasteiger partial charge in [0, 0.05) is 15.5 Å². The van der Waals surface area contributed by atoms with E-state index in [9.17, 15) is 4.39 Å². The highest BCUT2D eigenvalue weighted by atomic mass is 79.9. The summed E-state index contributed by atoms with van der Waals surface area (Å²) in [7, 11) is -1.75. The van der Waals surface area contributed by atoms with Gasteiger partial charge in [-0.3, -0.25) is 0 Å². The van der Waals surface area contributed by atoms with Gasteiger partial charge in [-0.1, -0.05) is 28.9 Å². The molecule has 0 aliphatic carbocycles. The molecule has 0 amide bonds. The summed E-state index contributed by atoms with van der Waals surface area (Å²) in [5.41, 5.74) is 0.380. The highest BCUT2D eigenvalue weighted by Crippen LogP contribution is 2.18. The standard InChI is InChI=1S/C8H9BBrFO2/c1-2-5-7(10)4-3-6(8(5)11)9(12)13/h3-4,12-13H,2H2,1H3. The van der Waals surface area contributed by atoms with Gasteiger partial charge in [0.15, 0.2) is 0 Å². The maximum atomic E-state index is 13.4. The second kappa shape index (κ2) is 4.22. The molecule has 0 aliphatic heterocycles. The summed E-state index contributed by atoms with van der Waals surface area (Å²) in [6, 6.07) is 2.96. The predicted molar refractivity (Wildman–Crippen MR) is 53.3 cm³/mol. The van der Waals surface area contributed by atoms with Crippen LogP contribution in [0.4, 0.5) is 4.39 Å². The Morgan fingerprint density at radius 1 is 1.46 bits per heavy atom. The molecule has 0 spiro atoms. The third-order valence-corrected chi connectivity index (χ3v) is 2.59. The third-order valence-electron chi connectivity index (χ3n) is 1.85. The van der Waals surface area contributed by atoms with Crippen molar-refractivity contribution in [3.05, 3.63) is 28.0 Å². The Hall–Kier alpha value is -0.385. The van der Waals surface area contributed by atoms with Crippen LogP contribution in [0.25, 0.3) is 0 Å². The predicted octanol–water partition coefficient (Wildman–Crippen LogP) is 0.830. The number of hydrogen-bond donors (Lipinski definition) is 2. The lowest BCUT2D eigenvalue weighted by atomic mass is 9.79. The minimum Gasteiger partial charge on any atom is -0.423 e. The van der Waals surface area contributed by atoms with Gasteiger partial charge in [-0.25, -0.2) is 4.39 Å². The molecule has 0 radical (unpaired) electrons. The van der Waals surface area contributed by atoms with Crippen LogP contribution in [0.3, 0.4) is 0 Å². The second-order valence-corrected chi connectivity index (χ2v) is 3.51. The van der Waals surface area contributed by atoms with Crippen molar-refractivity contribution in [2.45, 2.75) is 13.3 Å². The Morgan fingerprint density at radius 2 is 2.08 bits per heavy atom. The summed E-state index contributed by atoms with van der Waals surface area (Å²) in [6.07, 6.45) is 0.507. The zero-order chi connectivity index (χ0) is 10.0. The molecule has 0 saturated carbocycles. The molecule has 5 heteroatoms. The Bertz CT molecular complexity index is 317. The van der Waals surface area contributed by atoms with Gasteiger partial charge in [0.25, 0.3) is 0 Å². The molecule has 0 atom stereocenters. The molecule has 0 bridgehead atoms. The second-order valence-electron chi connectivity index (χ2n) is 2.66. The minimum atomic E-state index is -1.75. The first-order valence-corrected chi connectivity index (χ1v) is 4.70. The van der Waals surface area contributed by atoms with Crippen molar-refractivity contribution in [1.82, 2.24) is 0 Å². The Morgan fingerprint density at radius 3 is 2.54 bits per heavy atom. The van der Waals surface area contributed by atoms with Crippen molar-refractivity contribution in [2.75, 3.05) is 0 Å². The third kappa shape index (κ3) is 2.10. The lowest BCUT2D eigenvalue weighted by molar-refractivity contribution is 0.422. The van der Waals surface area contributed by atoms with E-state index in [1.807, 2.05) is 0 Å². The van der Waals surface area contributed by atoms with Crippen molar-refractivity contribution in [3.63, 3.8) is 0 Å². The molecule has 0 aliphatic rings. The van der Waals surface area contributed by atoms with Gasteiger partial charge in [0.05, 0.1) is 0 Å². The first kappa shape index (κ1) is 10.7. The summed E-state index contributed by atoms with van der Waals surface area (Å²) >= 11 is 3.19. The van der Waals surface area contributed by atoms with Crippen molar-refractivity contribution >= 4 is 28.5 Å². The number of benzene rings is 1.